The van der Waals surface area contributed by atoms with Gasteiger partial charge < -0.3 is 21.8 Å². The van der Waals surface area contributed by atoms with Crippen molar-refractivity contribution in [3.63, 3.8) is 0 Å². The van der Waals surface area contributed by atoms with Gasteiger partial charge >= 0.3 is 0 Å². The van der Waals surface area contributed by atoms with Gasteiger partial charge in [-0.3, -0.25) is 9.59 Å². The van der Waals surface area contributed by atoms with Crippen LogP contribution in [0.3, 0.4) is 0 Å². The number of primary amides is 1. The van der Waals surface area contributed by atoms with Crippen LogP contribution >= 0.6 is 0 Å². The van der Waals surface area contributed by atoms with Crippen LogP contribution in [0.5, 0.6) is 0 Å². The van der Waals surface area contributed by atoms with Gasteiger partial charge in [-0.1, -0.05) is 0 Å². The van der Waals surface area contributed by atoms with Gasteiger partial charge in [0, 0.05) is 22.7 Å². The zero-order chi connectivity index (χ0) is 14.7. The fourth-order valence-electron chi connectivity index (χ4n) is 2.03. The number of carbonyl (C=O) groups excluding carboxylic acids is 2. The van der Waals surface area contributed by atoms with Gasteiger partial charge in [0.1, 0.15) is 6.04 Å². The van der Waals surface area contributed by atoms with Gasteiger partial charge in [0.25, 0.3) is 5.91 Å². The van der Waals surface area contributed by atoms with Crippen molar-refractivity contribution in [1.82, 2.24) is 10.3 Å². The lowest BCUT2D eigenvalue weighted by Crippen LogP contribution is -2.42. The Morgan fingerprint density at radius 1 is 1.40 bits per heavy atom. The third-order valence-electron chi connectivity index (χ3n) is 3.22. The molecule has 1 heterocycles. The normalized spacial score (nSPS) is 12.3. The summed E-state index contributed by atoms with van der Waals surface area (Å²) in [5.74, 6) is -0.886. The molecule has 0 aliphatic heterocycles. The first-order valence-corrected chi connectivity index (χ1v) is 6.43. The Hall–Kier alpha value is -2.34. The molecule has 1 unspecified atom stereocenters. The van der Waals surface area contributed by atoms with Gasteiger partial charge in [0.05, 0.1) is 0 Å². The van der Waals surface area contributed by atoms with Crippen LogP contribution in [0, 0.1) is 0 Å². The summed E-state index contributed by atoms with van der Waals surface area (Å²) in [4.78, 5) is 26.1. The van der Waals surface area contributed by atoms with Crippen LogP contribution in [-0.4, -0.2) is 29.4 Å². The van der Waals surface area contributed by atoms with Gasteiger partial charge in [0.2, 0.25) is 5.91 Å². The van der Waals surface area contributed by atoms with Gasteiger partial charge in [0.15, 0.2) is 0 Å². The number of hydrogen-bond acceptors (Lipinski definition) is 3. The summed E-state index contributed by atoms with van der Waals surface area (Å²) in [5, 5.41) is 3.52. The minimum atomic E-state index is -0.701. The van der Waals surface area contributed by atoms with Crippen LogP contribution < -0.4 is 16.8 Å². The Labute approximate surface area is 116 Å². The Balaban J connectivity index is 2.28. The lowest BCUT2D eigenvalue weighted by atomic mass is 10.1. The number of aromatic nitrogens is 1. The molecule has 106 valence electrons. The first-order valence-electron chi connectivity index (χ1n) is 6.43. The molecule has 0 aliphatic carbocycles. The number of fused-ring (bicyclic) bond motifs is 1. The van der Waals surface area contributed by atoms with Gasteiger partial charge in [-0.25, -0.2) is 0 Å². The molecule has 0 saturated heterocycles. The second-order valence-corrected chi connectivity index (χ2v) is 4.71. The van der Waals surface area contributed by atoms with E-state index in [0.29, 0.717) is 12.1 Å². The maximum absolute atomic E-state index is 12.0. The summed E-state index contributed by atoms with van der Waals surface area (Å²) in [7, 11) is 0. The average molecular weight is 274 g/mol. The minimum Gasteiger partial charge on any atom is -0.368 e. The molecule has 6 nitrogen and oxygen atoms in total. The average Bonchev–Trinajstić information content (AvgIpc) is 2.81. The molecule has 0 spiro atoms. The number of carbonyl (C=O) groups is 2. The van der Waals surface area contributed by atoms with E-state index in [1.165, 1.54) is 0 Å². The highest BCUT2D eigenvalue weighted by Crippen LogP contribution is 2.20. The maximum atomic E-state index is 12.0. The second-order valence-electron chi connectivity index (χ2n) is 4.71. The van der Waals surface area contributed by atoms with Crippen molar-refractivity contribution in [3.05, 3.63) is 35.5 Å². The highest BCUT2D eigenvalue weighted by molar-refractivity contribution is 6.00. The molecule has 2 rings (SSSR count). The van der Waals surface area contributed by atoms with Crippen LogP contribution in [0.15, 0.2) is 24.4 Å². The van der Waals surface area contributed by atoms with E-state index in [9.17, 15) is 9.59 Å². The van der Waals surface area contributed by atoms with E-state index >= 15 is 0 Å². The minimum absolute atomic E-state index is 0.321. The largest absolute Gasteiger partial charge is 0.368 e. The number of nitrogens with two attached hydrogens (primary N) is 2. The molecular weight excluding hydrogens is 256 g/mol. The number of rotatable bonds is 5. The summed E-state index contributed by atoms with van der Waals surface area (Å²) in [5.41, 5.74) is 13.2. The fraction of sp³-hybridized carbons (Fsp3) is 0.286. The number of benzene rings is 1. The standard InChI is InChI=1S/C14H18N4O2/c1-8(13(16)19)18-14(20)9-2-3-12-11(6-9)10(4-5-15)7-17-12/h2-3,6-8,17H,4-5,15H2,1H3,(H2,16,19)(H,18,20). The van der Waals surface area contributed by atoms with Crippen molar-refractivity contribution in [2.24, 2.45) is 11.5 Å². The van der Waals surface area contributed by atoms with Crippen LogP contribution in [-0.2, 0) is 11.2 Å². The fourth-order valence-corrected chi connectivity index (χ4v) is 2.03. The molecule has 0 bridgehead atoms. The highest BCUT2D eigenvalue weighted by Gasteiger charge is 2.14. The molecule has 2 aromatic rings. The number of H-pyrrole nitrogens is 1. The lowest BCUT2D eigenvalue weighted by Gasteiger charge is -2.10. The summed E-state index contributed by atoms with van der Waals surface area (Å²) in [6.45, 7) is 2.09. The number of aromatic amines is 1. The monoisotopic (exact) mass is 274 g/mol. The van der Waals surface area contributed by atoms with Gasteiger partial charge in [-0.05, 0) is 43.7 Å². The maximum Gasteiger partial charge on any atom is 0.251 e. The van der Waals surface area contributed by atoms with Crippen molar-refractivity contribution in [2.75, 3.05) is 6.54 Å². The van der Waals surface area contributed by atoms with Crippen molar-refractivity contribution in [3.8, 4) is 0 Å². The van der Waals surface area contributed by atoms with E-state index in [4.69, 9.17) is 11.5 Å². The smallest absolute Gasteiger partial charge is 0.251 e. The van der Waals surface area contributed by atoms with Gasteiger partial charge in [-0.15, -0.1) is 0 Å². The zero-order valence-electron chi connectivity index (χ0n) is 11.3. The molecule has 1 atom stereocenters. The molecule has 6 N–H and O–H groups in total. The van der Waals surface area contributed by atoms with E-state index in [1.54, 1.807) is 19.1 Å². The Morgan fingerprint density at radius 2 is 2.15 bits per heavy atom. The zero-order valence-corrected chi connectivity index (χ0v) is 11.3. The van der Waals surface area contributed by atoms with Gasteiger partial charge in [-0.2, -0.15) is 0 Å². The third kappa shape index (κ3) is 2.80. The van der Waals surface area contributed by atoms with E-state index in [2.05, 4.69) is 10.3 Å². The summed E-state index contributed by atoms with van der Waals surface area (Å²) < 4.78 is 0. The Bertz CT molecular complexity index is 648. The third-order valence-corrected chi connectivity index (χ3v) is 3.22. The van der Waals surface area contributed by atoms with Crippen molar-refractivity contribution >= 4 is 22.7 Å². The van der Waals surface area contributed by atoms with Crippen molar-refractivity contribution in [1.29, 1.82) is 0 Å². The summed E-state index contributed by atoms with van der Waals surface area (Å²) in [6.07, 6.45) is 2.63. The van der Waals surface area contributed by atoms with Crippen LogP contribution in [0.4, 0.5) is 0 Å². The number of hydrogen-bond donors (Lipinski definition) is 4. The predicted molar refractivity (Wildman–Crippen MR) is 77.2 cm³/mol. The molecule has 0 radical (unpaired) electrons. The summed E-state index contributed by atoms with van der Waals surface area (Å²) in [6, 6.07) is 4.63. The molecule has 6 heteroatoms. The second kappa shape index (κ2) is 5.75. The topological polar surface area (TPSA) is 114 Å². The summed E-state index contributed by atoms with van der Waals surface area (Å²) >= 11 is 0. The first-order chi connectivity index (χ1) is 9.52. The van der Waals surface area contributed by atoms with E-state index in [0.717, 1.165) is 22.9 Å². The van der Waals surface area contributed by atoms with E-state index < -0.39 is 11.9 Å². The van der Waals surface area contributed by atoms with Crippen LogP contribution in [0.2, 0.25) is 0 Å². The molecule has 1 aromatic carbocycles. The van der Waals surface area contributed by atoms with Crippen molar-refractivity contribution < 1.29 is 9.59 Å². The van der Waals surface area contributed by atoms with E-state index in [-0.39, 0.29) is 5.91 Å². The number of amides is 2. The Morgan fingerprint density at radius 3 is 2.80 bits per heavy atom. The molecular formula is C14H18N4O2. The lowest BCUT2D eigenvalue weighted by molar-refractivity contribution is -0.119. The quantitative estimate of drug-likeness (QED) is 0.627. The van der Waals surface area contributed by atoms with Crippen LogP contribution in [0.1, 0.15) is 22.8 Å². The molecule has 20 heavy (non-hydrogen) atoms. The molecule has 0 saturated carbocycles. The molecule has 0 aliphatic rings. The Kier molecular flexibility index (Phi) is 4.05. The highest BCUT2D eigenvalue weighted by atomic mass is 16.2. The van der Waals surface area contributed by atoms with Crippen molar-refractivity contribution in [2.45, 2.75) is 19.4 Å². The van der Waals surface area contributed by atoms with E-state index in [1.807, 2.05) is 12.3 Å². The molecule has 0 fully saturated rings. The first kappa shape index (κ1) is 14.1. The predicted octanol–water partition coefficient (Wildman–Crippen LogP) is 0.273. The number of nitrogens with one attached hydrogen (secondary N) is 2. The SMILES string of the molecule is CC(NC(=O)c1ccc2[nH]cc(CCN)c2c1)C(N)=O. The molecule has 1 aromatic heterocycles. The molecule has 2 amide bonds. The van der Waals surface area contributed by atoms with Crippen LogP contribution in [0.25, 0.3) is 10.9 Å².